The highest BCUT2D eigenvalue weighted by atomic mass is 35.5. The van der Waals surface area contributed by atoms with Crippen molar-refractivity contribution in [2.75, 3.05) is 5.43 Å². The van der Waals surface area contributed by atoms with Crippen molar-refractivity contribution in [2.24, 2.45) is 5.10 Å². The highest BCUT2D eigenvalue weighted by Gasteiger charge is 1.97. The van der Waals surface area contributed by atoms with Gasteiger partial charge in [-0.1, -0.05) is 35.9 Å². The maximum Gasteiger partial charge on any atom is 0.165 e. The molecule has 4 nitrogen and oxygen atoms in total. The van der Waals surface area contributed by atoms with Gasteiger partial charge in [0.25, 0.3) is 0 Å². The van der Waals surface area contributed by atoms with Crippen molar-refractivity contribution >= 4 is 34.7 Å². The minimum Gasteiger partial charge on any atom is -0.260 e. The first kappa shape index (κ1) is 12.6. The highest BCUT2D eigenvalue weighted by molar-refractivity contribution is 6.30. The van der Waals surface area contributed by atoms with Crippen LogP contribution in [0.5, 0.6) is 0 Å². The molecule has 0 atom stereocenters. The van der Waals surface area contributed by atoms with Crippen molar-refractivity contribution in [1.29, 1.82) is 0 Å². The van der Waals surface area contributed by atoms with E-state index in [0.717, 1.165) is 16.6 Å². The second kappa shape index (κ2) is 5.67. The topological polar surface area (TPSA) is 50.2 Å². The zero-order chi connectivity index (χ0) is 13.8. The van der Waals surface area contributed by atoms with Gasteiger partial charge in [-0.05, 0) is 29.8 Å². The molecule has 1 aromatic heterocycles. The first-order valence-corrected chi connectivity index (χ1v) is 6.45. The number of hydrogen-bond acceptors (Lipinski definition) is 4. The summed E-state index contributed by atoms with van der Waals surface area (Å²) in [5.74, 6) is 0.605. The molecule has 1 heterocycles. The van der Waals surface area contributed by atoms with Crippen LogP contribution in [0.1, 0.15) is 5.56 Å². The van der Waals surface area contributed by atoms with E-state index in [-0.39, 0.29) is 0 Å². The molecule has 98 valence electrons. The molecule has 1 N–H and O–H groups in total. The minimum atomic E-state index is 0.605. The Labute approximate surface area is 121 Å². The molecule has 0 saturated heterocycles. The van der Waals surface area contributed by atoms with Crippen molar-refractivity contribution < 1.29 is 0 Å². The summed E-state index contributed by atoms with van der Waals surface area (Å²) in [6.45, 7) is 0. The van der Waals surface area contributed by atoms with Crippen LogP contribution in [0.2, 0.25) is 5.02 Å². The Morgan fingerprint density at radius 1 is 1.00 bits per heavy atom. The summed E-state index contributed by atoms with van der Waals surface area (Å²) in [5, 5.41) is 4.83. The van der Waals surface area contributed by atoms with Crippen molar-refractivity contribution in [1.82, 2.24) is 9.97 Å². The number of hydrazone groups is 1. The fraction of sp³-hybridized carbons (Fsp3) is 0. The fourth-order valence-corrected chi connectivity index (χ4v) is 1.86. The van der Waals surface area contributed by atoms with Crippen LogP contribution in [0.15, 0.2) is 59.8 Å². The summed E-state index contributed by atoms with van der Waals surface area (Å²) in [6.07, 6.45) is 3.36. The van der Waals surface area contributed by atoms with E-state index in [1.807, 2.05) is 48.5 Å². The third kappa shape index (κ3) is 2.92. The number of anilines is 1. The number of aromatic nitrogens is 2. The molecule has 0 fully saturated rings. The van der Waals surface area contributed by atoms with E-state index in [1.165, 1.54) is 0 Å². The lowest BCUT2D eigenvalue weighted by Gasteiger charge is -2.01. The van der Waals surface area contributed by atoms with Crippen molar-refractivity contribution in [3.63, 3.8) is 0 Å². The molecule has 0 aliphatic heterocycles. The monoisotopic (exact) mass is 282 g/mol. The predicted octanol–water partition coefficient (Wildman–Crippen LogP) is 3.73. The molecule has 0 spiro atoms. The lowest BCUT2D eigenvalue weighted by Crippen LogP contribution is -1.95. The molecule has 0 aliphatic carbocycles. The van der Waals surface area contributed by atoms with Gasteiger partial charge in [0.15, 0.2) is 5.82 Å². The van der Waals surface area contributed by atoms with Gasteiger partial charge in [0.1, 0.15) is 0 Å². The van der Waals surface area contributed by atoms with Gasteiger partial charge < -0.3 is 0 Å². The number of rotatable bonds is 3. The van der Waals surface area contributed by atoms with Crippen LogP contribution in [-0.2, 0) is 0 Å². The Morgan fingerprint density at radius 3 is 2.55 bits per heavy atom. The first-order chi connectivity index (χ1) is 9.81. The second-order valence-corrected chi connectivity index (χ2v) is 4.60. The van der Waals surface area contributed by atoms with Gasteiger partial charge in [-0.25, -0.2) is 4.98 Å². The zero-order valence-corrected chi connectivity index (χ0v) is 11.2. The summed E-state index contributed by atoms with van der Waals surface area (Å²) in [6, 6.07) is 15.1. The van der Waals surface area contributed by atoms with E-state index < -0.39 is 0 Å². The van der Waals surface area contributed by atoms with Crippen LogP contribution in [-0.4, -0.2) is 16.2 Å². The van der Waals surface area contributed by atoms with Crippen LogP contribution >= 0.6 is 11.6 Å². The van der Waals surface area contributed by atoms with E-state index in [4.69, 9.17) is 11.6 Å². The molecule has 5 heteroatoms. The van der Waals surface area contributed by atoms with Crippen LogP contribution in [0.3, 0.4) is 0 Å². The first-order valence-electron chi connectivity index (χ1n) is 6.08. The molecule has 2 aromatic carbocycles. The molecule has 0 radical (unpaired) electrons. The Balaban J connectivity index is 1.74. The molecular weight excluding hydrogens is 272 g/mol. The molecule has 0 saturated carbocycles. The van der Waals surface area contributed by atoms with E-state index in [2.05, 4.69) is 20.5 Å². The number of para-hydroxylation sites is 2. The van der Waals surface area contributed by atoms with Gasteiger partial charge >= 0.3 is 0 Å². The van der Waals surface area contributed by atoms with Crippen LogP contribution in [0.25, 0.3) is 11.0 Å². The van der Waals surface area contributed by atoms with Crippen LogP contribution < -0.4 is 5.43 Å². The number of benzene rings is 2. The molecule has 0 unspecified atom stereocenters. The van der Waals surface area contributed by atoms with Gasteiger partial charge in [-0.15, -0.1) is 0 Å². The smallest absolute Gasteiger partial charge is 0.165 e. The van der Waals surface area contributed by atoms with Crippen molar-refractivity contribution in [2.45, 2.75) is 0 Å². The van der Waals surface area contributed by atoms with E-state index in [9.17, 15) is 0 Å². The van der Waals surface area contributed by atoms with Gasteiger partial charge in [0.2, 0.25) is 0 Å². The average molecular weight is 283 g/mol. The molecule has 3 aromatic rings. The van der Waals surface area contributed by atoms with Crippen molar-refractivity contribution in [3.8, 4) is 0 Å². The van der Waals surface area contributed by atoms with Gasteiger partial charge in [0, 0.05) is 5.02 Å². The number of nitrogens with zero attached hydrogens (tertiary/aromatic N) is 3. The lowest BCUT2D eigenvalue weighted by atomic mass is 10.2. The summed E-state index contributed by atoms with van der Waals surface area (Å²) in [7, 11) is 0. The van der Waals surface area contributed by atoms with Gasteiger partial charge in [0.05, 0.1) is 23.4 Å². The maximum absolute atomic E-state index is 5.82. The predicted molar refractivity (Wildman–Crippen MR) is 82.2 cm³/mol. The minimum absolute atomic E-state index is 0.605. The summed E-state index contributed by atoms with van der Waals surface area (Å²) >= 11 is 5.82. The number of halogens is 1. The molecule has 3 rings (SSSR count). The van der Waals surface area contributed by atoms with Gasteiger partial charge in [-0.3, -0.25) is 10.4 Å². The van der Waals surface area contributed by atoms with E-state index >= 15 is 0 Å². The summed E-state index contributed by atoms with van der Waals surface area (Å²) < 4.78 is 0. The Hall–Kier alpha value is -2.46. The second-order valence-electron chi connectivity index (χ2n) is 4.17. The van der Waals surface area contributed by atoms with Crippen LogP contribution in [0.4, 0.5) is 5.82 Å². The zero-order valence-electron chi connectivity index (χ0n) is 10.5. The third-order valence-electron chi connectivity index (χ3n) is 2.71. The number of fused-ring (bicyclic) bond motifs is 1. The number of hydrogen-bond donors (Lipinski definition) is 1. The van der Waals surface area contributed by atoms with Gasteiger partial charge in [-0.2, -0.15) is 5.10 Å². The molecule has 0 amide bonds. The van der Waals surface area contributed by atoms with E-state index in [0.29, 0.717) is 10.8 Å². The molecule has 0 aliphatic rings. The molecular formula is C15H11ClN4. The summed E-state index contributed by atoms with van der Waals surface area (Å²) in [5.41, 5.74) is 5.51. The molecule has 20 heavy (non-hydrogen) atoms. The molecule has 0 bridgehead atoms. The SMILES string of the molecule is Clc1ccc(/C=N/Nc2cnc3ccccc3n2)cc1. The maximum atomic E-state index is 5.82. The number of nitrogens with one attached hydrogen (secondary N) is 1. The van der Waals surface area contributed by atoms with Crippen LogP contribution in [0, 0.1) is 0 Å². The normalized spacial score (nSPS) is 11.1. The Morgan fingerprint density at radius 2 is 1.75 bits per heavy atom. The summed E-state index contributed by atoms with van der Waals surface area (Å²) in [4.78, 5) is 8.71. The quantitative estimate of drug-likeness (QED) is 0.588. The average Bonchev–Trinajstić information content (AvgIpc) is 2.49. The Kier molecular flexibility index (Phi) is 3.56. The fourth-order valence-electron chi connectivity index (χ4n) is 1.73. The largest absolute Gasteiger partial charge is 0.260 e. The van der Waals surface area contributed by atoms with Crippen molar-refractivity contribution in [3.05, 3.63) is 65.3 Å². The third-order valence-corrected chi connectivity index (χ3v) is 2.96. The Bertz CT molecular complexity index is 753. The van der Waals surface area contributed by atoms with E-state index in [1.54, 1.807) is 12.4 Å². The standard InChI is InChI=1S/C15H11ClN4/c16-12-7-5-11(6-8-12)9-18-20-15-10-17-13-3-1-2-4-14(13)19-15/h1-10H,(H,19,20)/b18-9+. The highest BCUT2D eigenvalue weighted by Crippen LogP contribution is 2.11. The lowest BCUT2D eigenvalue weighted by molar-refractivity contribution is 1.22.